The second kappa shape index (κ2) is 8.70. The van der Waals surface area contributed by atoms with E-state index in [4.69, 9.17) is 4.74 Å². The summed E-state index contributed by atoms with van der Waals surface area (Å²) in [5.74, 6) is 1.87. The summed E-state index contributed by atoms with van der Waals surface area (Å²) in [5, 5.41) is 3.51. The van der Waals surface area contributed by atoms with Crippen LogP contribution < -0.4 is 10.1 Å². The van der Waals surface area contributed by atoms with Crippen LogP contribution in [0.3, 0.4) is 0 Å². The fourth-order valence-electron chi connectivity index (χ4n) is 4.18. The van der Waals surface area contributed by atoms with Crippen molar-refractivity contribution in [2.24, 2.45) is 5.92 Å². The molecule has 1 aromatic rings. The van der Waals surface area contributed by atoms with Gasteiger partial charge in [0.2, 0.25) is 0 Å². The molecule has 3 rings (SSSR count). The maximum absolute atomic E-state index is 5.29. The molecule has 0 atom stereocenters. The topological polar surface area (TPSA) is 24.5 Å². The van der Waals surface area contributed by atoms with Gasteiger partial charge in [0, 0.05) is 19.1 Å². The first-order valence-electron chi connectivity index (χ1n) is 9.43. The van der Waals surface area contributed by atoms with Crippen molar-refractivity contribution in [1.29, 1.82) is 0 Å². The molecule has 2 aliphatic rings. The molecule has 1 N–H and O–H groups in total. The summed E-state index contributed by atoms with van der Waals surface area (Å²) < 4.78 is 5.29. The lowest BCUT2D eigenvalue weighted by Crippen LogP contribution is -2.44. The van der Waals surface area contributed by atoms with Gasteiger partial charge in [0.15, 0.2) is 0 Å². The van der Waals surface area contributed by atoms with Crippen LogP contribution in [0.15, 0.2) is 24.3 Å². The highest BCUT2D eigenvalue weighted by molar-refractivity contribution is 5.27. The molecule has 1 aliphatic carbocycles. The number of piperidine rings is 1. The second-order valence-corrected chi connectivity index (χ2v) is 7.26. The molecule has 0 spiro atoms. The molecule has 0 radical (unpaired) electrons. The lowest BCUT2D eigenvalue weighted by molar-refractivity contribution is 0.118. The van der Waals surface area contributed by atoms with Crippen LogP contribution in [0.2, 0.25) is 0 Å². The Labute approximate surface area is 141 Å². The third-order valence-corrected chi connectivity index (χ3v) is 5.59. The van der Waals surface area contributed by atoms with E-state index < -0.39 is 0 Å². The predicted octanol–water partition coefficient (Wildman–Crippen LogP) is 3.83. The Morgan fingerprint density at radius 3 is 2.35 bits per heavy atom. The van der Waals surface area contributed by atoms with Crippen molar-refractivity contribution in [2.45, 2.75) is 57.5 Å². The van der Waals surface area contributed by atoms with E-state index in [-0.39, 0.29) is 0 Å². The van der Waals surface area contributed by atoms with E-state index >= 15 is 0 Å². The third-order valence-electron chi connectivity index (χ3n) is 5.59. The van der Waals surface area contributed by atoms with Gasteiger partial charge in [-0.25, -0.2) is 0 Å². The van der Waals surface area contributed by atoms with Crippen molar-refractivity contribution in [3.05, 3.63) is 29.8 Å². The van der Waals surface area contributed by atoms with E-state index in [2.05, 4.69) is 34.5 Å². The SMILES string of the molecule is COc1ccc(CN(CC2CCCCC2)C2CCNCC2)cc1. The minimum Gasteiger partial charge on any atom is -0.497 e. The number of nitrogens with one attached hydrogen (secondary N) is 1. The highest BCUT2D eigenvalue weighted by Crippen LogP contribution is 2.27. The Balaban J connectivity index is 1.65. The van der Waals surface area contributed by atoms with Gasteiger partial charge in [0.25, 0.3) is 0 Å². The Morgan fingerprint density at radius 2 is 1.70 bits per heavy atom. The summed E-state index contributed by atoms with van der Waals surface area (Å²) in [5.41, 5.74) is 1.42. The van der Waals surface area contributed by atoms with Gasteiger partial charge < -0.3 is 10.1 Å². The van der Waals surface area contributed by atoms with E-state index in [1.165, 1.54) is 70.1 Å². The zero-order chi connectivity index (χ0) is 15.9. The van der Waals surface area contributed by atoms with E-state index in [9.17, 15) is 0 Å². The van der Waals surface area contributed by atoms with Crippen LogP contribution in [0, 0.1) is 5.92 Å². The molecule has 1 heterocycles. The number of methoxy groups -OCH3 is 1. The average molecular weight is 316 g/mol. The number of ether oxygens (including phenoxy) is 1. The number of hydrogen-bond acceptors (Lipinski definition) is 3. The standard InChI is InChI=1S/C20H32N2O/c1-23-20-9-7-18(8-10-20)16-22(19-11-13-21-14-12-19)15-17-5-3-2-4-6-17/h7-10,17,19,21H,2-6,11-16H2,1H3. The summed E-state index contributed by atoms with van der Waals surface area (Å²) in [6.07, 6.45) is 9.78. The van der Waals surface area contributed by atoms with E-state index in [1.807, 2.05) is 0 Å². The molecular formula is C20H32N2O. The van der Waals surface area contributed by atoms with Gasteiger partial charge in [0.05, 0.1) is 7.11 Å². The molecule has 2 fully saturated rings. The number of benzene rings is 1. The monoisotopic (exact) mass is 316 g/mol. The second-order valence-electron chi connectivity index (χ2n) is 7.26. The molecule has 0 aromatic heterocycles. The largest absolute Gasteiger partial charge is 0.497 e. The fraction of sp³-hybridized carbons (Fsp3) is 0.700. The lowest BCUT2D eigenvalue weighted by Gasteiger charge is -2.38. The maximum Gasteiger partial charge on any atom is 0.118 e. The van der Waals surface area contributed by atoms with Gasteiger partial charge in [-0.3, -0.25) is 4.90 Å². The van der Waals surface area contributed by atoms with Gasteiger partial charge in [-0.2, -0.15) is 0 Å². The van der Waals surface area contributed by atoms with E-state index in [1.54, 1.807) is 7.11 Å². The van der Waals surface area contributed by atoms with Crippen molar-refractivity contribution in [2.75, 3.05) is 26.7 Å². The summed E-state index contributed by atoms with van der Waals surface area (Å²) in [6, 6.07) is 9.40. The smallest absolute Gasteiger partial charge is 0.118 e. The van der Waals surface area contributed by atoms with Crippen LogP contribution in [0.4, 0.5) is 0 Å². The van der Waals surface area contributed by atoms with Crippen molar-refractivity contribution in [1.82, 2.24) is 10.2 Å². The molecule has 0 amide bonds. The fourth-order valence-corrected chi connectivity index (χ4v) is 4.18. The third kappa shape index (κ3) is 4.95. The van der Waals surface area contributed by atoms with Crippen molar-refractivity contribution in [3.63, 3.8) is 0 Å². The summed E-state index contributed by atoms with van der Waals surface area (Å²) >= 11 is 0. The first-order valence-corrected chi connectivity index (χ1v) is 9.43. The molecule has 3 heteroatoms. The lowest BCUT2D eigenvalue weighted by atomic mass is 9.88. The van der Waals surface area contributed by atoms with Gasteiger partial charge in [0.1, 0.15) is 5.75 Å². The normalized spacial score (nSPS) is 20.8. The van der Waals surface area contributed by atoms with Crippen LogP contribution >= 0.6 is 0 Å². The van der Waals surface area contributed by atoms with Gasteiger partial charge in [-0.15, -0.1) is 0 Å². The molecule has 3 nitrogen and oxygen atoms in total. The molecule has 0 unspecified atom stereocenters. The molecule has 0 bridgehead atoms. The molecule has 1 saturated carbocycles. The van der Waals surface area contributed by atoms with Crippen LogP contribution in [0.1, 0.15) is 50.5 Å². The average Bonchev–Trinajstić information content (AvgIpc) is 2.63. The Bertz CT molecular complexity index is 447. The van der Waals surface area contributed by atoms with E-state index in [0.29, 0.717) is 0 Å². The molecule has 1 aliphatic heterocycles. The van der Waals surface area contributed by atoms with Gasteiger partial charge in [-0.05, 0) is 62.4 Å². The Kier molecular flexibility index (Phi) is 6.35. The van der Waals surface area contributed by atoms with Gasteiger partial charge in [-0.1, -0.05) is 31.4 Å². The number of hydrogen-bond donors (Lipinski definition) is 1. The Morgan fingerprint density at radius 1 is 1.00 bits per heavy atom. The Hall–Kier alpha value is -1.06. The van der Waals surface area contributed by atoms with Crippen LogP contribution in [0.25, 0.3) is 0 Å². The predicted molar refractivity (Wildman–Crippen MR) is 95.9 cm³/mol. The zero-order valence-corrected chi connectivity index (χ0v) is 14.6. The summed E-state index contributed by atoms with van der Waals surface area (Å²) in [6.45, 7) is 4.73. The minimum atomic E-state index is 0.750. The molecule has 1 saturated heterocycles. The van der Waals surface area contributed by atoms with Crippen molar-refractivity contribution < 1.29 is 4.74 Å². The first-order chi connectivity index (χ1) is 11.3. The number of rotatable bonds is 6. The maximum atomic E-state index is 5.29. The summed E-state index contributed by atoms with van der Waals surface area (Å²) in [4.78, 5) is 2.78. The molecule has 23 heavy (non-hydrogen) atoms. The molecular weight excluding hydrogens is 284 g/mol. The highest BCUT2D eigenvalue weighted by Gasteiger charge is 2.24. The van der Waals surface area contributed by atoms with Crippen molar-refractivity contribution in [3.8, 4) is 5.75 Å². The van der Waals surface area contributed by atoms with Crippen LogP contribution in [-0.4, -0.2) is 37.7 Å². The molecule has 128 valence electrons. The highest BCUT2D eigenvalue weighted by atomic mass is 16.5. The van der Waals surface area contributed by atoms with Crippen molar-refractivity contribution >= 4 is 0 Å². The van der Waals surface area contributed by atoms with Gasteiger partial charge >= 0.3 is 0 Å². The minimum absolute atomic E-state index is 0.750. The summed E-state index contributed by atoms with van der Waals surface area (Å²) in [7, 11) is 1.74. The van der Waals surface area contributed by atoms with Crippen LogP contribution in [0.5, 0.6) is 5.75 Å². The zero-order valence-electron chi connectivity index (χ0n) is 14.6. The van der Waals surface area contributed by atoms with Crippen LogP contribution in [-0.2, 0) is 6.54 Å². The number of nitrogens with zero attached hydrogens (tertiary/aromatic N) is 1. The van der Waals surface area contributed by atoms with E-state index in [0.717, 1.165) is 24.3 Å². The molecule has 1 aromatic carbocycles. The quantitative estimate of drug-likeness (QED) is 0.863. The first kappa shape index (κ1) is 16.8.